The van der Waals surface area contributed by atoms with Crippen LogP contribution >= 0.6 is 34.4 Å². The average molecular weight is 350 g/mol. The van der Waals surface area contributed by atoms with Gasteiger partial charge in [0, 0.05) is 11.1 Å². The summed E-state index contributed by atoms with van der Waals surface area (Å²) in [7, 11) is 1.65. The molecule has 0 amide bonds. The van der Waals surface area contributed by atoms with E-state index in [2.05, 4.69) is 27.9 Å². The number of thioether (sulfide) groups is 1. The summed E-state index contributed by atoms with van der Waals surface area (Å²) in [5.41, 5.74) is 1.11. The number of thiazole rings is 1. The molecule has 0 atom stereocenters. The number of aromatic nitrogens is 1. The molecule has 114 valence electrons. The molecule has 0 saturated heterocycles. The highest BCUT2D eigenvalue weighted by atomic mass is 32.2. The first-order valence-corrected chi connectivity index (χ1v) is 9.44. The number of hydrogen-bond acceptors (Lipinski definition) is 6. The molecule has 0 spiro atoms. The summed E-state index contributed by atoms with van der Waals surface area (Å²) in [5.74, 6) is 2.56. The van der Waals surface area contributed by atoms with E-state index >= 15 is 0 Å². The number of rotatable bonds is 7. The maximum Gasteiger partial charge on any atom is 0.140 e. The first-order chi connectivity index (χ1) is 10.8. The Hall–Kier alpha value is -1.50. The van der Waals surface area contributed by atoms with Crippen molar-refractivity contribution in [3.05, 3.63) is 57.9 Å². The van der Waals surface area contributed by atoms with Gasteiger partial charge in [0.25, 0.3) is 0 Å². The van der Waals surface area contributed by atoms with Crippen molar-refractivity contribution in [1.82, 2.24) is 4.98 Å². The maximum absolute atomic E-state index is 5.74. The lowest BCUT2D eigenvalue weighted by Gasteiger charge is -2.05. The van der Waals surface area contributed by atoms with Crippen molar-refractivity contribution in [3.8, 4) is 11.5 Å². The molecule has 0 saturated carbocycles. The van der Waals surface area contributed by atoms with Gasteiger partial charge in [-0.05, 0) is 35.7 Å². The Labute approximate surface area is 141 Å². The molecular weight excluding hydrogens is 334 g/mol. The predicted molar refractivity (Wildman–Crippen MR) is 93.3 cm³/mol. The quantitative estimate of drug-likeness (QED) is 0.556. The number of hydrogen-bond donors (Lipinski definition) is 0. The number of methoxy groups -OCH3 is 1. The molecule has 6 heteroatoms. The molecule has 0 bridgehead atoms. The molecule has 0 aliphatic rings. The van der Waals surface area contributed by atoms with E-state index in [0.29, 0.717) is 6.61 Å². The zero-order valence-corrected chi connectivity index (χ0v) is 14.5. The first kappa shape index (κ1) is 15.4. The molecule has 0 aliphatic carbocycles. The lowest BCUT2D eigenvalue weighted by atomic mass is 10.3. The molecule has 3 rings (SSSR count). The molecule has 0 aliphatic heterocycles. The van der Waals surface area contributed by atoms with E-state index in [0.717, 1.165) is 28.0 Å². The lowest BCUT2D eigenvalue weighted by Crippen LogP contribution is -1.95. The van der Waals surface area contributed by atoms with Gasteiger partial charge in [-0.25, -0.2) is 4.98 Å². The molecule has 0 N–H and O–H groups in total. The zero-order chi connectivity index (χ0) is 15.2. The van der Waals surface area contributed by atoms with Crippen LogP contribution in [0.5, 0.6) is 11.5 Å². The van der Waals surface area contributed by atoms with E-state index in [-0.39, 0.29) is 0 Å². The second-order valence-corrected chi connectivity index (χ2v) is 7.58. The molecule has 22 heavy (non-hydrogen) atoms. The topological polar surface area (TPSA) is 31.4 Å². The summed E-state index contributed by atoms with van der Waals surface area (Å²) in [5, 5.41) is 5.20. The van der Waals surface area contributed by atoms with Gasteiger partial charge in [0.1, 0.15) is 23.1 Å². The second-order valence-electron chi connectivity index (χ2n) is 4.42. The van der Waals surface area contributed by atoms with Crippen molar-refractivity contribution in [3.63, 3.8) is 0 Å². The maximum atomic E-state index is 5.74. The fraction of sp³-hybridized carbons (Fsp3) is 0.188. The van der Waals surface area contributed by atoms with Crippen LogP contribution in [0.4, 0.5) is 0 Å². The molecule has 2 aromatic heterocycles. The van der Waals surface area contributed by atoms with E-state index in [1.54, 1.807) is 29.8 Å². The Morgan fingerprint density at radius 3 is 2.64 bits per heavy atom. The molecule has 0 radical (unpaired) electrons. The van der Waals surface area contributed by atoms with E-state index in [4.69, 9.17) is 9.47 Å². The Balaban J connectivity index is 1.50. The standard InChI is InChI=1S/C16H15NO2S3/c1-18-13-4-6-14(7-5-13)19-9-15-17-12(10-21-15)11-22-16-3-2-8-20-16/h2-8,10H,9,11H2,1H3. The Kier molecular flexibility index (Phi) is 5.37. The summed E-state index contributed by atoms with van der Waals surface area (Å²) in [4.78, 5) is 4.61. The van der Waals surface area contributed by atoms with Crippen LogP contribution in [0.2, 0.25) is 0 Å². The van der Waals surface area contributed by atoms with Crippen LogP contribution in [-0.4, -0.2) is 12.1 Å². The first-order valence-electron chi connectivity index (χ1n) is 6.70. The van der Waals surface area contributed by atoms with Crippen LogP contribution in [-0.2, 0) is 12.4 Å². The molecular formula is C16H15NO2S3. The van der Waals surface area contributed by atoms with Crippen molar-refractivity contribution in [1.29, 1.82) is 0 Å². The third-order valence-corrected chi connectivity index (χ3v) is 5.91. The lowest BCUT2D eigenvalue weighted by molar-refractivity contribution is 0.304. The number of ether oxygens (including phenoxy) is 2. The molecule has 3 nitrogen and oxygen atoms in total. The van der Waals surface area contributed by atoms with Crippen LogP contribution in [0.1, 0.15) is 10.7 Å². The third kappa shape index (κ3) is 4.25. The van der Waals surface area contributed by atoms with Crippen molar-refractivity contribution < 1.29 is 9.47 Å². The zero-order valence-electron chi connectivity index (χ0n) is 12.0. The van der Waals surface area contributed by atoms with Gasteiger partial charge in [0.15, 0.2) is 0 Å². The van der Waals surface area contributed by atoms with E-state index in [1.165, 1.54) is 4.21 Å². The normalized spacial score (nSPS) is 10.6. The smallest absolute Gasteiger partial charge is 0.140 e. The van der Waals surface area contributed by atoms with Gasteiger partial charge in [-0.1, -0.05) is 6.07 Å². The van der Waals surface area contributed by atoms with Gasteiger partial charge in [-0.15, -0.1) is 34.4 Å². The Morgan fingerprint density at radius 2 is 1.91 bits per heavy atom. The van der Waals surface area contributed by atoms with E-state index in [9.17, 15) is 0 Å². The molecule has 0 unspecified atom stereocenters. The molecule has 0 fully saturated rings. The van der Waals surface area contributed by atoms with Crippen LogP contribution in [0, 0.1) is 0 Å². The molecule has 1 aromatic carbocycles. The highest BCUT2D eigenvalue weighted by molar-refractivity contribution is 8.00. The molecule has 2 heterocycles. The highest BCUT2D eigenvalue weighted by Crippen LogP contribution is 2.27. The predicted octanol–water partition coefficient (Wildman–Crippen LogP) is 5.08. The van der Waals surface area contributed by atoms with Crippen molar-refractivity contribution in [2.24, 2.45) is 0 Å². The van der Waals surface area contributed by atoms with Crippen LogP contribution in [0.15, 0.2) is 51.4 Å². The number of thiophene rings is 1. The van der Waals surface area contributed by atoms with E-state index in [1.807, 2.05) is 36.0 Å². The monoisotopic (exact) mass is 349 g/mol. The minimum Gasteiger partial charge on any atom is -0.497 e. The van der Waals surface area contributed by atoms with Gasteiger partial charge in [0.05, 0.1) is 17.0 Å². The fourth-order valence-corrected chi connectivity index (χ4v) is 4.28. The largest absolute Gasteiger partial charge is 0.497 e. The molecule has 3 aromatic rings. The summed E-state index contributed by atoms with van der Waals surface area (Å²) < 4.78 is 12.2. The minimum absolute atomic E-state index is 0.501. The summed E-state index contributed by atoms with van der Waals surface area (Å²) in [6.07, 6.45) is 0. The Morgan fingerprint density at radius 1 is 1.09 bits per heavy atom. The van der Waals surface area contributed by atoms with Crippen LogP contribution in [0.25, 0.3) is 0 Å². The highest BCUT2D eigenvalue weighted by Gasteiger charge is 2.05. The number of nitrogens with zero attached hydrogens (tertiary/aromatic N) is 1. The van der Waals surface area contributed by atoms with E-state index < -0.39 is 0 Å². The van der Waals surface area contributed by atoms with Gasteiger partial charge < -0.3 is 9.47 Å². The van der Waals surface area contributed by atoms with Crippen molar-refractivity contribution in [2.45, 2.75) is 16.6 Å². The van der Waals surface area contributed by atoms with Crippen LogP contribution < -0.4 is 9.47 Å². The van der Waals surface area contributed by atoms with Gasteiger partial charge >= 0.3 is 0 Å². The SMILES string of the molecule is COc1ccc(OCc2nc(CSc3cccs3)cs2)cc1. The number of benzene rings is 1. The van der Waals surface area contributed by atoms with Gasteiger partial charge in [0.2, 0.25) is 0 Å². The third-order valence-electron chi connectivity index (χ3n) is 2.88. The van der Waals surface area contributed by atoms with Gasteiger partial charge in [-0.2, -0.15) is 0 Å². The Bertz CT molecular complexity index is 693. The summed E-state index contributed by atoms with van der Waals surface area (Å²) >= 11 is 5.23. The van der Waals surface area contributed by atoms with Crippen molar-refractivity contribution >= 4 is 34.4 Å². The fourth-order valence-electron chi connectivity index (χ4n) is 1.79. The second kappa shape index (κ2) is 7.67. The van der Waals surface area contributed by atoms with Crippen molar-refractivity contribution in [2.75, 3.05) is 7.11 Å². The average Bonchev–Trinajstić information content (AvgIpc) is 3.23. The van der Waals surface area contributed by atoms with Crippen LogP contribution in [0.3, 0.4) is 0 Å². The minimum atomic E-state index is 0.501. The summed E-state index contributed by atoms with van der Waals surface area (Å²) in [6, 6.07) is 11.8. The summed E-state index contributed by atoms with van der Waals surface area (Å²) in [6.45, 7) is 0.501. The van der Waals surface area contributed by atoms with Gasteiger partial charge in [-0.3, -0.25) is 0 Å².